The van der Waals surface area contributed by atoms with E-state index in [2.05, 4.69) is 57.1 Å². The molecule has 3 nitrogen and oxygen atoms in total. The predicted molar refractivity (Wildman–Crippen MR) is 84.7 cm³/mol. The molecular weight excluding hydrogens is 246 g/mol. The van der Waals surface area contributed by atoms with E-state index in [0.717, 1.165) is 5.92 Å². The lowest BCUT2D eigenvalue weighted by Gasteiger charge is -2.46. The molecule has 5 atom stereocenters. The van der Waals surface area contributed by atoms with Crippen molar-refractivity contribution in [2.24, 2.45) is 11.3 Å². The van der Waals surface area contributed by atoms with Gasteiger partial charge in [0.25, 0.3) is 0 Å². The van der Waals surface area contributed by atoms with E-state index in [0.29, 0.717) is 29.7 Å². The molecule has 20 heavy (non-hydrogen) atoms. The van der Waals surface area contributed by atoms with Crippen molar-refractivity contribution in [2.45, 2.75) is 90.6 Å². The van der Waals surface area contributed by atoms with Gasteiger partial charge in [-0.3, -0.25) is 10.2 Å². The molecule has 0 aromatic rings. The van der Waals surface area contributed by atoms with Gasteiger partial charge in [0.05, 0.1) is 6.17 Å². The number of hydrogen-bond acceptors (Lipinski definition) is 3. The van der Waals surface area contributed by atoms with Crippen LogP contribution in [0.25, 0.3) is 0 Å². The lowest BCUT2D eigenvalue weighted by Crippen LogP contribution is -2.57. The van der Waals surface area contributed by atoms with Crippen molar-refractivity contribution in [1.82, 2.24) is 15.5 Å². The van der Waals surface area contributed by atoms with Crippen molar-refractivity contribution in [3.63, 3.8) is 0 Å². The fourth-order valence-corrected chi connectivity index (χ4v) is 4.87. The van der Waals surface area contributed by atoms with Crippen LogP contribution in [0.3, 0.4) is 0 Å². The molecule has 3 fully saturated rings. The molecule has 0 saturated carbocycles. The van der Waals surface area contributed by atoms with Crippen LogP contribution in [-0.2, 0) is 0 Å². The molecule has 3 aliphatic heterocycles. The first-order valence-corrected chi connectivity index (χ1v) is 8.47. The number of nitrogens with one attached hydrogen (secondary N) is 2. The highest BCUT2D eigenvalue weighted by molar-refractivity contribution is 5.12. The van der Waals surface area contributed by atoms with Crippen LogP contribution in [0.15, 0.2) is 0 Å². The Balaban J connectivity index is 1.89. The Bertz CT molecular complexity index is 365. The average Bonchev–Trinajstić information content (AvgIpc) is 2.81. The van der Waals surface area contributed by atoms with Crippen molar-refractivity contribution in [1.29, 1.82) is 0 Å². The van der Waals surface area contributed by atoms with Crippen molar-refractivity contribution < 1.29 is 0 Å². The molecule has 0 amide bonds. The van der Waals surface area contributed by atoms with Crippen LogP contribution in [0, 0.1) is 11.3 Å². The lowest BCUT2D eigenvalue weighted by molar-refractivity contribution is 0.0140. The Morgan fingerprint density at radius 1 is 1.05 bits per heavy atom. The molecule has 0 spiro atoms. The summed E-state index contributed by atoms with van der Waals surface area (Å²) >= 11 is 0. The van der Waals surface area contributed by atoms with Crippen LogP contribution in [0.2, 0.25) is 0 Å². The second-order valence-electron chi connectivity index (χ2n) is 9.20. The Hall–Kier alpha value is -0.120. The van der Waals surface area contributed by atoms with Crippen LogP contribution in [0.4, 0.5) is 0 Å². The molecule has 0 bridgehead atoms. The third-order valence-electron chi connectivity index (χ3n) is 5.66. The first-order chi connectivity index (χ1) is 9.19. The summed E-state index contributed by atoms with van der Waals surface area (Å²) in [5.41, 5.74) is 0.585. The SMILES string of the molecule is CC(C)(C)C1CC2C3NCCCC3NC2N1C(C)(C)C. The molecular formula is C17H33N3. The van der Waals surface area contributed by atoms with Crippen molar-refractivity contribution >= 4 is 0 Å². The lowest BCUT2D eigenvalue weighted by atomic mass is 9.80. The fraction of sp³-hybridized carbons (Fsp3) is 1.00. The summed E-state index contributed by atoms with van der Waals surface area (Å²) in [5.74, 6) is 0.781. The number of likely N-dealkylation sites (tertiary alicyclic amines) is 1. The van der Waals surface area contributed by atoms with Gasteiger partial charge < -0.3 is 5.32 Å². The van der Waals surface area contributed by atoms with Gasteiger partial charge in [-0.05, 0) is 52.0 Å². The zero-order chi connectivity index (χ0) is 14.7. The third kappa shape index (κ3) is 2.32. The van der Waals surface area contributed by atoms with Crippen LogP contribution in [-0.4, -0.2) is 41.3 Å². The van der Waals surface area contributed by atoms with E-state index in [1.54, 1.807) is 0 Å². The highest BCUT2D eigenvalue weighted by Crippen LogP contribution is 2.47. The zero-order valence-electron chi connectivity index (χ0n) is 14.2. The molecule has 3 saturated heterocycles. The molecule has 0 aliphatic carbocycles. The molecule has 3 aliphatic rings. The summed E-state index contributed by atoms with van der Waals surface area (Å²) < 4.78 is 0. The van der Waals surface area contributed by atoms with E-state index >= 15 is 0 Å². The Kier molecular flexibility index (Phi) is 3.47. The van der Waals surface area contributed by atoms with E-state index in [1.165, 1.54) is 25.8 Å². The fourth-order valence-electron chi connectivity index (χ4n) is 4.87. The number of piperidine rings is 1. The summed E-state index contributed by atoms with van der Waals surface area (Å²) in [6, 6.07) is 2.07. The molecule has 0 aromatic carbocycles. The van der Waals surface area contributed by atoms with Crippen LogP contribution in [0.5, 0.6) is 0 Å². The van der Waals surface area contributed by atoms with E-state index < -0.39 is 0 Å². The third-order valence-corrected chi connectivity index (χ3v) is 5.66. The highest BCUT2D eigenvalue weighted by Gasteiger charge is 2.57. The first-order valence-electron chi connectivity index (χ1n) is 8.47. The molecule has 3 rings (SSSR count). The smallest absolute Gasteiger partial charge is 0.0652 e. The molecule has 2 N–H and O–H groups in total. The molecule has 116 valence electrons. The summed E-state index contributed by atoms with van der Waals surface area (Å²) in [7, 11) is 0. The normalized spacial score (nSPS) is 42.6. The van der Waals surface area contributed by atoms with Crippen LogP contribution in [0.1, 0.15) is 60.8 Å². The minimum absolute atomic E-state index is 0.234. The Morgan fingerprint density at radius 2 is 1.75 bits per heavy atom. The van der Waals surface area contributed by atoms with Crippen molar-refractivity contribution in [3.05, 3.63) is 0 Å². The van der Waals surface area contributed by atoms with Gasteiger partial charge in [-0.15, -0.1) is 0 Å². The van der Waals surface area contributed by atoms with E-state index in [4.69, 9.17) is 0 Å². The second-order valence-corrected chi connectivity index (χ2v) is 9.20. The van der Waals surface area contributed by atoms with Gasteiger partial charge >= 0.3 is 0 Å². The monoisotopic (exact) mass is 279 g/mol. The molecule has 0 radical (unpaired) electrons. The van der Waals surface area contributed by atoms with Gasteiger partial charge in [0.1, 0.15) is 0 Å². The van der Waals surface area contributed by atoms with Gasteiger partial charge in [0.2, 0.25) is 0 Å². The largest absolute Gasteiger partial charge is 0.312 e. The first kappa shape index (κ1) is 14.8. The van der Waals surface area contributed by atoms with Gasteiger partial charge in [-0.2, -0.15) is 0 Å². The maximum absolute atomic E-state index is 3.98. The Morgan fingerprint density at radius 3 is 2.35 bits per heavy atom. The van der Waals surface area contributed by atoms with Crippen LogP contribution >= 0.6 is 0 Å². The van der Waals surface area contributed by atoms with E-state index in [9.17, 15) is 0 Å². The minimum Gasteiger partial charge on any atom is -0.312 e. The van der Waals surface area contributed by atoms with E-state index in [-0.39, 0.29) is 5.54 Å². The minimum atomic E-state index is 0.234. The summed E-state index contributed by atoms with van der Waals surface area (Å²) in [5, 5.41) is 7.78. The topological polar surface area (TPSA) is 27.3 Å². The highest BCUT2D eigenvalue weighted by atomic mass is 15.4. The maximum atomic E-state index is 3.98. The zero-order valence-corrected chi connectivity index (χ0v) is 14.2. The summed E-state index contributed by atoms with van der Waals surface area (Å²) in [6.45, 7) is 15.6. The van der Waals surface area contributed by atoms with Crippen molar-refractivity contribution in [3.8, 4) is 0 Å². The van der Waals surface area contributed by atoms with Gasteiger partial charge in [0.15, 0.2) is 0 Å². The van der Waals surface area contributed by atoms with Gasteiger partial charge in [0, 0.05) is 29.6 Å². The summed E-state index contributed by atoms with van der Waals surface area (Å²) in [4.78, 5) is 2.79. The van der Waals surface area contributed by atoms with E-state index in [1.807, 2.05) is 0 Å². The second kappa shape index (κ2) is 4.69. The number of nitrogens with zero attached hydrogens (tertiary/aromatic N) is 1. The van der Waals surface area contributed by atoms with Crippen molar-refractivity contribution in [2.75, 3.05) is 6.54 Å². The Labute approximate surface area is 124 Å². The average molecular weight is 279 g/mol. The molecule has 3 heterocycles. The number of rotatable bonds is 0. The maximum Gasteiger partial charge on any atom is 0.0652 e. The number of hydrogen-bond donors (Lipinski definition) is 2. The molecule has 3 heteroatoms. The standard InChI is InChI=1S/C17H33N3/c1-16(2,3)13-10-11-14-12(8-7-9-18-14)19-15(11)20(13)17(4,5)6/h11-15,18-19H,7-10H2,1-6H3. The quantitative estimate of drug-likeness (QED) is 0.714. The van der Waals surface area contributed by atoms with Crippen LogP contribution < -0.4 is 10.6 Å². The van der Waals surface area contributed by atoms with Gasteiger partial charge in [-0.1, -0.05) is 20.8 Å². The summed E-state index contributed by atoms with van der Waals surface area (Å²) in [6.07, 6.45) is 4.58. The predicted octanol–water partition coefficient (Wildman–Crippen LogP) is 2.57. The van der Waals surface area contributed by atoms with Gasteiger partial charge in [-0.25, -0.2) is 0 Å². The number of fused-ring (bicyclic) bond motifs is 3. The molecule has 5 unspecified atom stereocenters. The molecule has 0 aromatic heterocycles.